The molecule has 0 bridgehead atoms. The van der Waals surface area contributed by atoms with Crippen molar-refractivity contribution in [3.63, 3.8) is 0 Å². The van der Waals surface area contributed by atoms with E-state index in [1.807, 2.05) is 13.0 Å². The lowest BCUT2D eigenvalue weighted by molar-refractivity contribution is 0.408. The number of aryl methyl sites for hydroxylation is 2. The molecule has 0 aliphatic heterocycles. The maximum Gasteiger partial charge on any atom is 0.144 e. The van der Waals surface area contributed by atoms with Crippen molar-refractivity contribution in [3.05, 3.63) is 70.1 Å². The van der Waals surface area contributed by atoms with Crippen LogP contribution < -0.4 is 10.1 Å². The van der Waals surface area contributed by atoms with Crippen LogP contribution in [0.2, 0.25) is 5.02 Å². The van der Waals surface area contributed by atoms with Gasteiger partial charge < -0.3 is 15.0 Å². The highest BCUT2D eigenvalue weighted by atomic mass is 35.5. The van der Waals surface area contributed by atoms with Crippen LogP contribution in [0.5, 0.6) is 5.75 Å². The summed E-state index contributed by atoms with van der Waals surface area (Å²) in [6, 6.07) is 7.94. The van der Waals surface area contributed by atoms with Crippen LogP contribution in [0.25, 0.3) is 0 Å². The molecule has 130 valence electrons. The Labute approximate surface area is 150 Å². The van der Waals surface area contributed by atoms with E-state index in [4.69, 9.17) is 16.3 Å². The third-order valence-corrected chi connectivity index (χ3v) is 4.05. The van der Waals surface area contributed by atoms with E-state index in [0.717, 1.165) is 11.3 Å². The van der Waals surface area contributed by atoms with Crippen LogP contribution in [-0.2, 0) is 0 Å². The van der Waals surface area contributed by atoms with Crippen molar-refractivity contribution in [3.8, 4) is 5.75 Å². The fourth-order valence-corrected chi connectivity index (χ4v) is 2.76. The number of rotatable bonds is 5. The number of hydrogen-bond donors (Lipinski definition) is 2. The highest BCUT2D eigenvalue weighted by molar-refractivity contribution is 6.30. The summed E-state index contributed by atoms with van der Waals surface area (Å²) in [6.45, 7) is 3.54. The summed E-state index contributed by atoms with van der Waals surface area (Å²) >= 11 is 6.18. The molecule has 0 spiro atoms. The van der Waals surface area contributed by atoms with E-state index < -0.39 is 0 Å². The lowest BCUT2D eigenvalue weighted by Gasteiger charge is -2.21. The molecule has 1 aromatic carbocycles. The summed E-state index contributed by atoms with van der Waals surface area (Å²) in [4.78, 5) is 11.9. The number of benzene rings is 1. The first-order valence-corrected chi connectivity index (χ1v) is 8.10. The number of ether oxygens (including phenoxy) is 1. The Hall–Kier alpha value is -2.60. The molecule has 0 saturated heterocycles. The van der Waals surface area contributed by atoms with E-state index in [1.165, 1.54) is 6.07 Å². The fourth-order valence-electron chi connectivity index (χ4n) is 2.58. The number of anilines is 1. The molecule has 0 radical (unpaired) electrons. The summed E-state index contributed by atoms with van der Waals surface area (Å²) in [5.74, 6) is 1.52. The van der Waals surface area contributed by atoms with Crippen LogP contribution in [0.15, 0.2) is 36.5 Å². The van der Waals surface area contributed by atoms with E-state index in [1.54, 1.807) is 38.4 Å². The molecule has 0 aliphatic carbocycles. The van der Waals surface area contributed by atoms with Gasteiger partial charge in [-0.05, 0) is 44.2 Å². The van der Waals surface area contributed by atoms with Crippen molar-refractivity contribution in [1.82, 2.24) is 15.0 Å². The molecule has 0 amide bonds. The minimum absolute atomic E-state index is 0.317. The lowest BCUT2D eigenvalue weighted by Crippen LogP contribution is -2.16. The maximum absolute atomic E-state index is 13.5. The Balaban J connectivity index is 2.07. The number of pyridine rings is 1. The zero-order valence-corrected chi connectivity index (χ0v) is 14.9. The second-order valence-electron chi connectivity index (χ2n) is 5.68. The van der Waals surface area contributed by atoms with Gasteiger partial charge in [-0.2, -0.15) is 0 Å². The van der Waals surface area contributed by atoms with Crippen molar-refractivity contribution in [1.29, 1.82) is 0 Å². The first-order chi connectivity index (χ1) is 12.0. The van der Waals surface area contributed by atoms with E-state index in [2.05, 4.69) is 20.3 Å². The topological polar surface area (TPSA) is 62.8 Å². The van der Waals surface area contributed by atoms with Crippen molar-refractivity contribution < 1.29 is 9.13 Å². The van der Waals surface area contributed by atoms with Gasteiger partial charge in [-0.15, -0.1) is 0 Å². The Morgan fingerprint density at radius 2 is 2.04 bits per heavy atom. The van der Waals surface area contributed by atoms with Crippen LogP contribution >= 0.6 is 11.6 Å². The van der Waals surface area contributed by atoms with Gasteiger partial charge in [0.25, 0.3) is 0 Å². The summed E-state index contributed by atoms with van der Waals surface area (Å²) in [7, 11) is 1.59. The minimum atomic E-state index is -0.389. The molecule has 2 N–H and O–H groups in total. The molecule has 25 heavy (non-hydrogen) atoms. The van der Waals surface area contributed by atoms with Gasteiger partial charge in [0.15, 0.2) is 0 Å². The van der Waals surface area contributed by atoms with Gasteiger partial charge in [0, 0.05) is 22.5 Å². The standard InChI is InChI=1S/C18H18ClFN4O/c1-10-9-21-18(22-10)17(13-8-12(19)4-6-15(13)25-3)24-16-7-5-14(20)11(2)23-16/h4-9,17H,1-3H3,(H,21,22)(H,23,24). The Morgan fingerprint density at radius 3 is 2.68 bits per heavy atom. The number of hydrogen-bond acceptors (Lipinski definition) is 4. The van der Waals surface area contributed by atoms with Crippen LogP contribution in [-0.4, -0.2) is 22.1 Å². The molecule has 1 unspecified atom stereocenters. The van der Waals surface area contributed by atoms with Crippen LogP contribution in [0.1, 0.15) is 28.8 Å². The molecule has 1 atom stereocenters. The summed E-state index contributed by atoms with van der Waals surface area (Å²) in [5.41, 5.74) is 2.04. The van der Waals surface area contributed by atoms with Crippen molar-refractivity contribution in [2.45, 2.75) is 19.9 Å². The third kappa shape index (κ3) is 3.74. The zero-order valence-electron chi connectivity index (χ0n) is 14.1. The first-order valence-electron chi connectivity index (χ1n) is 7.72. The summed E-state index contributed by atoms with van der Waals surface area (Å²) in [5, 5.41) is 3.86. The Kier molecular flexibility index (Phi) is 4.90. The number of nitrogens with one attached hydrogen (secondary N) is 2. The van der Waals surface area contributed by atoms with Crippen LogP contribution in [0, 0.1) is 19.7 Å². The van der Waals surface area contributed by atoms with Crippen molar-refractivity contribution >= 4 is 17.4 Å². The largest absolute Gasteiger partial charge is 0.496 e. The van der Waals surface area contributed by atoms with Crippen LogP contribution in [0.4, 0.5) is 10.2 Å². The molecule has 5 nitrogen and oxygen atoms in total. The fraction of sp³-hybridized carbons (Fsp3) is 0.222. The second-order valence-corrected chi connectivity index (χ2v) is 6.12. The van der Waals surface area contributed by atoms with Gasteiger partial charge >= 0.3 is 0 Å². The molecule has 0 saturated carbocycles. The number of imidazole rings is 1. The Bertz CT molecular complexity index is 897. The van der Waals surface area contributed by atoms with Gasteiger partial charge in [0.05, 0.1) is 12.8 Å². The predicted molar refractivity (Wildman–Crippen MR) is 95.7 cm³/mol. The predicted octanol–water partition coefficient (Wildman–Crippen LogP) is 4.42. The van der Waals surface area contributed by atoms with E-state index >= 15 is 0 Å². The number of halogens is 2. The lowest BCUT2D eigenvalue weighted by atomic mass is 10.0. The molecular formula is C18H18ClFN4O. The average Bonchev–Trinajstić information content (AvgIpc) is 3.02. The van der Waals surface area contributed by atoms with E-state index in [-0.39, 0.29) is 11.9 Å². The van der Waals surface area contributed by atoms with Crippen LogP contribution in [0.3, 0.4) is 0 Å². The van der Waals surface area contributed by atoms with Gasteiger partial charge in [-0.25, -0.2) is 14.4 Å². The molecule has 2 heterocycles. The van der Waals surface area contributed by atoms with Gasteiger partial charge in [0.2, 0.25) is 0 Å². The highest BCUT2D eigenvalue weighted by Gasteiger charge is 2.22. The zero-order chi connectivity index (χ0) is 18.0. The SMILES string of the molecule is COc1ccc(Cl)cc1C(Nc1ccc(F)c(C)n1)c1ncc(C)[nH]1. The number of aromatic nitrogens is 3. The van der Waals surface area contributed by atoms with E-state index in [0.29, 0.717) is 28.1 Å². The summed E-state index contributed by atoms with van der Waals surface area (Å²) in [6.07, 6.45) is 1.74. The molecule has 2 aromatic heterocycles. The maximum atomic E-state index is 13.5. The minimum Gasteiger partial charge on any atom is -0.496 e. The van der Waals surface area contributed by atoms with Gasteiger partial charge in [0.1, 0.15) is 29.3 Å². The molecule has 3 aromatic rings. The molecule has 0 fully saturated rings. The average molecular weight is 361 g/mol. The normalized spacial score (nSPS) is 12.0. The summed E-state index contributed by atoms with van der Waals surface area (Å²) < 4.78 is 19.0. The monoisotopic (exact) mass is 360 g/mol. The quantitative estimate of drug-likeness (QED) is 0.706. The molecule has 0 aliphatic rings. The first kappa shape index (κ1) is 17.2. The van der Waals surface area contributed by atoms with Gasteiger partial charge in [-0.1, -0.05) is 11.6 Å². The number of aromatic amines is 1. The number of methoxy groups -OCH3 is 1. The number of nitrogens with zero attached hydrogens (tertiary/aromatic N) is 2. The Morgan fingerprint density at radius 1 is 1.24 bits per heavy atom. The van der Waals surface area contributed by atoms with Crippen molar-refractivity contribution in [2.75, 3.05) is 12.4 Å². The third-order valence-electron chi connectivity index (χ3n) is 3.81. The van der Waals surface area contributed by atoms with Gasteiger partial charge in [-0.3, -0.25) is 0 Å². The smallest absolute Gasteiger partial charge is 0.144 e. The second kappa shape index (κ2) is 7.11. The molecule has 7 heteroatoms. The number of H-pyrrole nitrogens is 1. The molecular weight excluding hydrogens is 343 g/mol. The van der Waals surface area contributed by atoms with E-state index in [9.17, 15) is 4.39 Å². The van der Waals surface area contributed by atoms with Crippen molar-refractivity contribution in [2.24, 2.45) is 0 Å². The molecule has 3 rings (SSSR count). The highest BCUT2D eigenvalue weighted by Crippen LogP contribution is 2.33.